The SMILES string of the molecule is CNC1CCC(C(=O)NCc2cc(-c3cccnc3F)ccc2OC)CC1. The van der Waals surface area contributed by atoms with Gasteiger partial charge in [-0.25, -0.2) is 4.98 Å². The predicted octanol–water partition coefficient (Wildman–Crippen LogP) is 3.29. The second-order valence-corrected chi connectivity index (χ2v) is 6.92. The number of carbonyl (C=O) groups excluding carboxylic acids is 1. The third kappa shape index (κ3) is 4.63. The van der Waals surface area contributed by atoms with Gasteiger partial charge >= 0.3 is 0 Å². The topological polar surface area (TPSA) is 63.2 Å². The summed E-state index contributed by atoms with van der Waals surface area (Å²) in [5.41, 5.74) is 1.95. The van der Waals surface area contributed by atoms with Crippen LogP contribution in [0.1, 0.15) is 31.2 Å². The van der Waals surface area contributed by atoms with Crippen LogP contribution in [0.2, 0.25) is 0 Å². The number of carbonyl (C=O) groups is 1. The summed E-state index contributed by atoms with van der Waals surface area (Å²) in [6.45, 7) is 0.351. The maximum atomic E-state index is 14.0. The lowest BCUT2D eigenvalue weighted by Gasteiger charge is -2.27. The minimum absolute atomic E-state index is 0.0551. The first kappa shape index (κ1) is 19.3. The largest absolute Gasteiger partial charge is 0.496 e. The van der Waals surface area contributed by atoms with Crippen molar-refractivity contribution >= 4 is 5.91 Å². The monoisotopic (exact) mass is 371 g/mol. The second kappa shape index (κ2) is 8.95. The number of halogens is 1. The van der Waals surface area contributed by atoms with Crippen molar-refractivity contribution in [3.05, 3.63) is 48.0 Å². The Labute approximate surface area is 159 Å². The number of benzene rings is 1. The molecule has 2 N–H and O–H groups in total. The van der Waals surface area contributed by atoms with E-state index in [1.165, 1.54) is 6.20 Å². The summed E-state index contributed by atoms with van der Waals surface area (Å²) in [4.78, 5) is 16.2. The van der Waals surface area contributed by atoms with Gasteiger partial charge in [0.05, 0.1) is 7.11 Å². The van der Waals surface area contributed by atoms with Crippen LogP contribution in [-0.2, 0) is 11.3 Å². The molecule has 0 saturated heterocycles. The molecule has 0 unspecified atom stereocenters. The summed E-state index contributed by atoms with van der Waals surface area (Å²) >= 11 is 0. The lowest BCUT2D eigenvalue weighted by Crippen LogP contribution is -2.37. The minimum Gasteiger partial charge on any atom is -0.496 e. The smallest absolute Gasteiger partial charge is 0.223 e. The number of rotatable bonds is 6. The molecular weight excluding hydrogens is 345 g/mol. The Morgan fingerprint density at radius 3 is 2.70 bits per heavy atom. The molecule has 1 heterocycles. The van der Waals surface area contributed by atoms with Gasteiger partial charge in [0.25, 0.3) is 0 Å². The summed E-state index contributed by atoms with van der Waals surface area (Å²) in [6.07, 6.45) is 5.26. The van der Waals surface area contributed by atoms with Crippen LogP contribution in [0, 0.1) is 11.9 Å². The van der Waals surface area contributed by atoms with Crippen LogP contribution in [0.25, 0.3) is 11.1 Å². The highest BCUT2D eigenvalue weighted by Crippen LogP contribution is 2.28. The highest BCUT2D eigenvalue weighted by atomic mass is 19.1. The van der Waals surface area contributed by atoms with Gasteiger partial charge in [-0.2, -0.15) is 4.39 Å². The van der Waals surface area contributed by atoms with Gasteiger partial charge in [0.1, 0.15) is 5.75 Å². The van der Waals surface area contributed by atoms with Gasteiger partial charge in [-0.1, -0.05) is 6.07 Å². The van der Waals surface area contributed by atoms with Gasteiger partial charge in [0.2, 0.25) is 11.9 Å². The molecule has 1 fully saturated rings. The molecule has 1 aromatic carbocycles. The van der Waals surface area contributed by atoms with Crippen LogP contribution in [0.4, 0.5) is 4.39 Å². The second-order valence-electron chi connectivity index (χ2n) is 6.92. The maximum absolute atomic E-state index is 14.0. The van der Waals surface area contributed by atoms with Crippen molar-refractivity contribution in [3.8, 4) is 16.9 Å². The Kier molecular flexibility index (Phi) is 6.40. The summed E-state index contributed by atoms with van der Waals surface area (Å²) in [7, 11) is 3.55. The van der Waals surface area contributed by atoms with E-state index in [1.54, 1.807) is 31.4 Å². The molecule has 0 bridgehead atoms. The number of hydrogen-bond donors (Lipinski definition) is 2. The first-order chi connectivity index (χ1) is 13.1. The van der Waals surface area contributed by atoms with E-state index in [9.17, 15) is 9.18 Å². The fourth-order valence-corrected chi connectivity index (χ4v) is 3.66. The number of methoxy groups -OCH3 is 1. The number of nitrogens with one attached hydrogen (secondary N) is 2. The fourth-order valence-electron chi connectivity index (χ4n) is 3.66. The number of nitrogens with zero attached hydrogens (tertiary/aromatic N) is 1. The zero-order valence-corrected chi connectivity index (χ0v) is 15.8. The molecule has 0 spiro atoms. The fraction of sp³-hybridized carbons (Fsp3) is 0.429. The molecule has 5 nitrogen and oxygen atoms in total. The number of aromatic nitrogens is 1. The molecule has 1 amide bonds. The molecule has 27 heavy (non-hydrogen) atoms. The highest BCUT2D eigenvalue weighted by molar-refractivity contribution is 5.79. The molecule has 6 heteroatoms. The molecule has 0 atom stereocenters. The van der Waals surface area contributed by atoms with Crippen LogP contribution in [0.3, 0.4) is 0 Å². The van der Waals surface area contributed by atoms with Crippen molar-refractivity contribution < 1.29 is 13.9 Å². The number of hydrogen-bond acceptors (Lipinski definition) is 4. The molecule has 3 rings (SSSR count). The van der Waals surface area contributed by atoms with E-state index < -0.39 is 5.95 Å². The highest BCUT2D eigenvalue weighted by Gasteiger charge is 2.25. The summed E-state index contributed by atoms with van der Waals surface area (Å²) in [5, 5.41) is 6.30. The first-order valence-corrected chi connectivity index (χ1v) is 9.35. The molecule has 0 aliphatic heterocycles. The Bertz CT molecular complexity index is 789. The molecule has 1 aliphatic carbocycles. The molecule has 1 saturated carbocycles. The molecule has 1 aliphatic rings. The van der Waals surface area contributed by atoms with Gasteiger partial charge in [-0.15, -0.1) is 0 Å². The quantitative estimate of drug-likeness (QED) is 0.765. The Morgan fingerprint density at radius 1 is 1.26 bits per heavy atom. The van der Waals surface area contributed by atoms with Crippen LogP contribution < -0.4 is 15.4 Å². The van der Waals surface area contributed by atoms with Crippen molar-refractivity contribution in [1.82, 2.24) is 15.6 Å². The molecular formula is C21H26FN3O2. The standard InChI is InChI=1S/C21H26FN3O2/c1-23-17-8-5-14(6-9-17)21(26)25-13-16-12-15(7-10-19(16)27-2)18-4-3-11-24-20(18)22/h3-4,7,10-12,14,17,23H,5-6,8-9,13H2,1-2H3,(H,25,26). The van der Waals surface area contributed by atoms with E-state index in [0.29, 0.717) is 29.5 Å². The van der Waals surface area contributed by atoms with Crippen molar-refractivity contribution in [1.29, 1.82) is 0 Å². The molecule has 1 aromatic heterocycles. The summed E-state index contributed by atoms with van der Waals surface area (Å²) in [6, 6.07) is 9.33. The summed E-state index contributed by atoms with van der Waals surface area (Å²) < 4.78 is 19.4. The number of amides is 1. The van der Waals surface area contributed by atoms with E-state index in [4.69, 9.17) is 4.74 Å². The van der Waals surface area contributed by atoms with Crippen LogP contribution in [0.5, 0.6) is 5.75 Å². The van der Waals surface area contributed by atoms with Crippen molar-refractivity contribution in [2.45, 2.75) is 38.3 Å². The number of ether oxygens (including phenoxy) is 1. The minimum atomic E-state index is -0.515. The zero-order valence-electron chi connectivity index (χ0n) is 15.8. The first-order valence-electron chi connectivity index (χ1n) is 9.35. The molecule has 0 radical (unpaired) electrons. The van der Waals surface area contributed by atoms with Crippen molar-refractivity contribution in [2.75, 3.05) is 14.2 Å². The normalized spacial score (nSPS) is 19.5. The van der Waals surface area contributed by atoms with E-state index in [0.717, 1.165) is 31.2 Å². The van der Waals surface area contributed by atoms with Gasteiger partial charge in [-0.05, 0) is 62.6 Å². The molecule has 2 aromatic rings. The Hall–Kier alpha value is -2.47. The van der Waals surface area contributed by atoms with E-state index in [2.05, 4.69) is 15.6 Å². The van der Waals surface area contributed by atoms with Crippen LogP contribution >= 0.6 is 0 Å². The van der Waals surface area contributed by atoms with Crippen molar-refractivity contribution in [3.63, 3.8) is 0 Å². The Morgan fingerprint density at radius 2 is 2.04 bits per heavy atom. The zero-order chi connectivity index (χ0) is 19.2. The van der Waals surface area contributed by atoms with Gasteiger partial charge in [0, 0.05) is 35.8 Å². The number of pyridine rings is 1. The summed E-state index contributed by atoms with van der Waals surface area (Å²) in [5.74, 6) is 0.283. The van der Waals surface area contributed by atoms with Crippen LogP contribution in [0.15, 0.2) is 36.5 Å². The predicted molar refractivity (Wildman–Crippen MR) is 103 cm³/mol. The van der Waals surface area contributed by atoms with E-state index >= 15 is 0 Å². The van der Waals surface area contributed by atoms with Crippen molar-refractivity contribution in [2.24, 2.45) is 5.92 Å². The Balaban J connectivity index is 1.69. The van der Waals surface area contributed by atoms with E-state index in [-0.39, 0.29) is 11.8 Å². The maximum Gasteiger partial charge on any atom is 0.223 e. The lowest BCUT2D eigenvalue weighted by atomic mass is 9.85. The lowest BCUT2D eigenvalue weighted by molar-refractivity contribution is -0.126. The van der Waals surface area contributed by atoms with Gasteiger partial charge in [-0.3, -0.25) is 4.79 Å². The van der Waals surface area contributed by atoms with Crippen LogP contribution in [-0.4, -0.2) is 31.1 Å². The third-order valence-corrected chi connectivity index (χ3v) is 5.31. The third-order valence-electron chi connectivity index (χ3n) is 5.31. The average Bonchev–Trinajstić information content (AvgIpc) is 2.72. The van der Waals surface area contributed by atoms with E-state index in [1.807, 2.05) is 13.1 Å². The van der Waals surface area contributed by atoms with Gasteiger partial charge < -0.3 is 15.4 Å². The molecule has 144 valence electrons. The average molecular weight is 371 g/mol. The van der Waals surface area contributed by atoms with Gasteiger partial charge in [0.15, 0.2) is 0 Å².